The van der Waals surface area contributed by atoms with Gasteiger partial charge in [-0.1, -0.05) is 0 Å². The van der Waals surface area contributed by atoms with E-state index in [4.69, 9.17) is 5.73 Å². The summed E-state index contributed by atoms with van der Waals surface area (Å²) in [5, 5.41) is 12.7. The largest absolute Gasteiger partial charge is 0.351 e. The van der Waals surface area contributed by atoms with Crippen LogP contribution in [0.4, 0.5) is 16.2 Å². The molecular weight excluding hydrogens is 254 g/mol. The Morgan fingerprint density at radius 2 is 2.21 bits per heavy atom. The van der Waals surface area contributed by atoms with E-state index in [1.54, 1.807) is 0 Å². The highest BCUT2D eigenvalue weighted by Gasteiger charge is 2.09. The van der Waals surface area contributed by atoms with E-state index in [0.29, 0.717) is 4.47 Å². The number of nitrogens with two attached hydrogens (primary N) is 1. The number of amides is 2. The molecule has 1 rings (SSSR count). The SMILES string of the molecule is NC(=O)Nc1cc([N+](=O)[O-])ccc1Br. The van der Waals surface area contributed by atoms with Gasteiger partial charge in [-0.15, -0.1) is 0 Å². The first kappa shape index (κ1) is 10.5. The monoisotopic (exact) mass is 259 g/mol. The van der Waals surface area contributed by atoms with Crippen LogP contribution < -0.4 is 11.1 Å². The van der Waals surface area contributed by atoms with Gasteiger partial charge in [0.15, 0.2) is 0 Å². The van der Waals surface area contributed by atoms with E-state index < -0.39 is 11.0 Å². The van der Waals surface area contributed by atoms with Gasteiger partial charge in [-0.05, 0) is 22.0 Å². The third-order valence-electron chi connectivity index (χ3n) is 1.42. The van der Waals surface area contributed by atoms with Crippen molar-refractivity contribution < 1.29 is 9.72 Å². The minimum Gasteiger partial charge on any atom is -0.351 e. The fourth-order valence-corrected chi connectivity index (χ4v) is 1.20. The molecule has 0 heterocycles. The molecule has 6 nitrogen and oxygen atoms in total. The third-order valence-corrected chi connectivity index (χ3v) is 2.11. The normalized spacial score (nSPS) is 9.50. The van der Waals surface area contributed by atoms with Crippen LogP contribution in [0.25, 0.3) is 0 Å². The molecular formula is C7H6BrN3O3. The molecule has 0 saturated carbocycles. The number of hydrogen-bond acceptors (Lipinski definition) is 3. The highest BCUT2D eigenvalue weighted by Crippen LogP contribution is 2.26. The fraction of sp³-hybridized carbons (Fsp3) is 0. The number of nitro groups is 1. The Balaban J connectivity index is 3.08. The lowest BCUT2D eigenvalue weighted by molar-refractivity contribution is -0.384. The van der Waals surface area contributed by atoms with Crippen molar-refractivity contribution in [2.75, 3.05) is 5.32 Å². The van der Waals surface area contributed by atoms with Crippen LogP contribution in [0.2, 0.25) is 0 Å². The molecule has 74 valence electrons. The summed E-state index contributed by atoms with van der Waals surface area (Å²) in [6.07, 6.45) is 0. The molecule has 0 aromatic heterocycles. The highest BCUT2D eigenvalue weighted by molar-refractivity contribution is 9.10. The quantitative estimate of drug-likeness (QED) is 0.626. The zero-order valence-electron chi connectivity index (χ0n) is 6.86. The van der Waals surface area contributed by atoms with Crippen LogP contribution >= 0.6 is 15.9 Å². The maximum Gasteiger partial charge on any atom is 0.316 e. The molecule has 14 heavy (non-hydrogen) atoms. The van der Waals surface area contributed by atoms with E-state index in [0.717, 1.165) is 0 Å². The number of primary amides is 1. The predicted molar refractivity (Wildman–Crippen MR) is 54.0 cm³/mol. The topological polar surface area (TPSA) is 98.3 Å². The lowest BCUT2D eigenvalue weighted by atomic mass is 10.3. The average molecular weight is 260 g/mol. The van der Waals surface area contributed by atoms with Crippen LogP contribution in [0.1, 0.15) is 0 Å². The van der Waals surface area contributed by atoms with E-state index in [2.05, 4.69) is 21.2 Å². The van der Waals surface area contributed by atoms with Crippen molar-refractivity contribution in [2.45, 2.75) is 0 Å². The number of carbonyl (C=O) groups is 1. The Morgan fingerprint density at radius 1 is 1.57 bits per heavy atom. The standard InChI is InChI=1S/C7H6BrN3O3/c8-5-2-1-4(11(13)14)3-6(5)10-7(9)12/h1-3H,(H3,9,10,12). The number of urea groups is 1. The Kier molecular flexibility index (Phi) is 3.03. The van der Waals surface area contributed by atoms with Crippen LogP contribution in [0.5, 0.6) is 0 Å². The lowest BCUT2D eigenvalue weighted by Gasteiger charge is -2.03. The molecule has 0 spiro atoms. The van der Waals surface area contributed by atoms with Crippen molar-refractivity contribution in [1.29, 1.82) is 0 Å². The third kappa shape index (κ3) is 2.43. The van der Waals surface area contributed by atoms with Gasteiger partial charge in [0.2, 0.25) is 0 Å². The van der Waals surface area contributed by atoms with Crippen LogP contribution in [0.15, 0.2) is 22.7 Å². The van der Waals surface area contributed by atoms with E-state index in [1.807, 2.05) is 0 Å². The second-order valence-electron chi connectivity index (χ2n) is 2.41. The molecule has 0 saturated heterocycles. The van der Waals surface area contributed by atoms with E-state index in [-0.39, 0.29) is 11.4 Å². The Hall–Kier alpha value is -1.63. The van der Waals surface area contributed by atoms with Crippen LogP contribution in [-0.2, 0) is 0 Å². The number of anilines is 1. The highest BCUT2D eigenvalue weighted by atomic mass is 79.9. The summed E-state index contributed by atoms with van der Waals surface area (Å²) in [5.41, 5.74) is 5.03. The van der Waals surface area contributed by atoms with Crippen molar-refractivity contribution >= 4 is 33.3 Å². The molecule has 7 heteroatoms. The maximum atomic E-state index is 10.5. The van der Waals surface area contributed by atoms with Crippen molar-refractivity contribution in [1.82, 2.24) is 0 Å². The van der Waals surface area contributed by atoms with Gasteiger partial charge in [-0.3, -0.25) is 10.1 Å². The van der Waals surface area contributed by atoms with Crippen molar-refractivity contribution in [3.05, 3.63) is 32.8 Å². The van der Waals surface area contributed by atoms with Gasteiger partial charge in [-0.25, -0.2) is 4.79 Å². The van der Waals surface area contributed by atoms with Crippen LogP contribution in [0.3, 0.4) is 0 Å². The molecule has 0 fully saturated rings. The summed E-state index contributed by atoms with van der Waals surface area (Å²) in [7, 11) is 0. The number of halogens is 1. The summed E-state index contributed by atoms with van der Waals surface area (Å²) in [6, 6.07) is 3.22. The van der Waals surface area contributed by atoms with Crippen LogP contribution in [-0.4, -0.2) is 11.0 Å². The number of rotatable bonds is 2. The Labute approximate surface area is 87.4 Å². The van der Waals surface area contributed by atoms with Gasteiger partial charge in [0, 0.05) is 16.6 Å². The summed E-state index contributed by atoms with van der Waals surface area (Å²) in [6.45, 7) is 0. The maximum absolute atomic E-state index is 10.5. The van der Waals surface area contributed by atoms with Crippen molar-refractivity contribution in [3.63, 3.8) is 0 Å². The number of nitrogens with one attached hydrogen (secondary N) is 1. The number of benzene rings is 1. The summed E-state index contributed by atoms with van der Waals surface area (Å²) in [5.74, 6) is 0. The Bertz CT molecular complexity index is 394. The zero-order chi connectivity index (χ0) is 10.7. The molecule has 0 atom stereocenters. The molecule has 0 radical (unpaired) electrons. The molecule has 0 bridgehead atoms. The molecule has 1 aromatic rings. The van der Waals surface area contributed by atoms with Crippen molar-refractivity contribution in [3.8, 4) is 0 Å². The fourth-order valence-electron chi connectivity index (χ4n) is 0.855. The van der Waals surface area contributed by atoms with Gasteiger partial charge >= 0.3 is 6.03 Å². The van der Waals surface area contributed by atoms with Gasteiger partial charge in [-0.2, -0.15) is 0 Å². The minimum atomic E-state index is -0.772. The number of carbonyl (C=O) groups excluding carboxylic acids is 1. The Morgan fingerprint density at radius 3 is 2.71 bits per heavy atom. The van der Waals surface area contributed by atoms with E-state index in [9.17, 15) is 14.9 Å². The minimum absolute atomic E-state index is 0.114. The van der Waals surface area contributed by atoms with Gasteiger partial charge in [0.05, 0.1) is 10.6 Å². The molecule has 0 unspecified atom stereocenters. The number of non-ortho nitro benzene ring substituents is 1. The van der Waals surface area contributed by atoms with Gasteiger partial charge < -0.3 is 11.1 Å². The predicted octanol–water partition coefficient (Wildman–Crippen LogP) is 1.85. The van der Waals surface area contributed by atoms with Gasteiger partial charge in [0.1, 0.15) is 0 Å². The first-order chi connectivity index (χ1) is 6.50. The second kappa shape index (κ2) is 4.05. The molecule has 1 aromatic carbocycles. The second-order valence-corrected chi connectivity index (χ2v) is 3.26. The van der Waals surface area contributed by atoms with E-state index in [1.165, 1.54) is 18.2 Å². The molecule has 0 aliphatic rings. The average Bonchev–Trinajstić information content (AvgIpc) is 2.07. The van der Waals surface area contributed by atoms with Crippen molar-refractivity contribution in [2.24, 2.45) is 5.73 Å². The lowest BCUT2D eigenvalue weighted by Crippen LogP contribution is -2.19. The smallest absolute Gasteiger partial charge is 0.316 e. The first-order valence-corrected chi connectivity index (χ1v) is 4.30. The zero-order valence-corrected chi connectivity index (χ0v) is 8.45. The number of nitrogens with zero attached hydrogens (tertiary/aromatic N) is 1. The number of nitro benzene ring substituents is 1. The number of hydrogen-bond donors (Lipinski definition) is 2. The first-order valence-electron chi connectivity index (χ1n) is 3.51. The van der Waals surface area contributed by atoms with Gasteiger partial charge in [0.25, 0.3) is 5.69 Å². The van der Waals surface area contributed by atoms with E-state index >= 15 is 0 Å². The molecule has 0 aliphatic heterocycles. The summed E-state index contributed by atoms with van der Waals surface area (Å²) in [4.78, 5) is 20.4. The molecule has 0 aliphatic carbocycles. The molecule has 2 amide bonds. The molecule has 3 N–H and O–H groups in total. The summed E-state index contributed by atoms with van der Waals surface area (Å²) >= 11 is 3.12. The van der Waals surface area contributed by atoms with Crippen LogP contribution in [0, 0.1) is 10.1 Å². The summed E-state index contributed by atoms with van der Waals surface area (Å²) < 4.78 is 0.530.